The summed E-state index contributed by atoms with van der Waals surface area (Å²) in [4.78, 5) is 40.8. The van der Waals surface area contributed by atoms with Crippen LogP contribution in [0, 0.1) is 5.92 Å². The molecule has 2 aliphatic carbocycles. The maximum atomic E-state index is 12.7. The Morgan fingerprint density at radius 1 is 1.00 bits per heavy atom. The second-order valence-electron chi connectivity index (χ2n) is 9.56. The summed E-state index contributed by atoms with van der Waals surface area (Å²) in [7, 11) is 0. The van der Waals surface area contributed by atoms with E-state index in [9.17, 15) is 14.4 Å². The Morgan fingerprint density at radius 3 is 2.56 bits per heavy atom. The van der Waals surface area contributed by atoms with Crippen LogP contribution >= 0.6 is 11.3 Å². The molecular formula is C24H36N4O3S. The molecule has 4 rings (SSSR count). The van der Waals surface area contributed by atoms with E-state index in [4.69, 9.17) is 5.73 Å². The van der Waals surface area contributed by atoms with Crippen LogP contribution in [0.1, 0.15) is 85.0 Å². The zero-order valence-corrected chi connectivity index (χ0v) is 19.7. The number of primary amides is 1. The molecule has 1 saturated heterocycles. The van der Waals surface area contributed by atoms with Crippen molar-refractivity contribution in [3.8, 4) is 0 Å². The molecule has 2 fully saturated rings. The van der Waals surface area contributed by atoms with Crippen LogP contribution in [0.25, 0.3) is 0 Å². The second kappa shape index (κ2) is 10.8. The van der Waals surface area contributed by atoms with E-state index in [0.29, 0.717) is 36.1 Å². The number of carbonyl (C=O) groups excluding carboxylic acids is 3. The van der Waals surface area contributed by atoms with E-state index < -0.39 is 5.91 Å². The molecule has 3 aliphatic rings. The number of aryl methyl sites for hydroxylation is 1. The standard InChI is InChI=1S/C24H36N4O3S/c25-22(30)21-18-10-4-5-11-19(18)32-24(21)27-20(29)12-14-28-13-6-7-16(15-28)23(31)26-17-8-2-1-3-9-17/h16-17H,1-15H2,(H2,25,30)(H,26,31)(H,27,29)/t16-/m1/s1. The number of thiophene rings is 1. The van der Waals surface area contributed by atoms with Gasteiger partial charge in [0, 0.05) is 30.4 Å². The molecule has 0 radical (unpaired) electrons. The number of hydrogen-bond donors (Lipinski definition) is 3. The summed E-state index contributed by atoms with van der Waals surface area (Å²) in [5, 5.41) is 6.82. The van der Waals surface area contributed by atoms with Gasteiger partial charge in [0.1, 0.15) is 5.00 Å². The van der Waals surface area contributed by atoms with Crippen LogP contribution < -0.4 is 16.4 Å². The van der Waals surface area contributed by atoms with Crippen LogP contribution in [-0.2, 0) is 22.4 Å². The van der Waals surface area contributed by atoms with E-state index in [1.807, 2.05) is 0 Å². The molecule has 1 aliphatic heterocycles. The minimum absolute atomic E-state index is 0.0132. The SMILES string of the molecule is NC(=O)c1c(NC(=O)CCN2CCC[C@@H](C(=O)NC3CCCCC3)C2)sc2c1CCCC2. The average Bonchev–Trinajstić information content (AvgIpc) is 3.16. The van der Waals surface area contributed by atoms with Crippen molar-refractivity contribution in [3.63, 3.8) is 0 Å². The number of likely N-dealkylation sites (tertiary alicyclic amines) is 1. The van der Waals surface area contributed by atoms with E-state index in [1.165, 1.54) is 35.5 Å². The fraction of sp³-hybridized carbons (Fsp3) is 0.708. The van der Waals surface area contributed by atoms with Gasteiger partial charge in [-0.1, -0.05) is 19.3 Å². The number of nitrogens with one attached hydrogen (secondary N) is 2. The molecule has 8 heteroatoms. The summed E-state index contributed by atoms with van der Waals surface area (Å²) in [5.41, 5.74) is 7.17. The van der Waals surface area contributed by atoms with Crippen molar-refractivity contribution >= 4 is 34.1 Å². The lowest BCUT2D eigenvalue weighted by molar-refractivity contribution is -0.127. The fourth-order valence-corrected chi connectivity index (χ4v) is 6.71. The molecule has 1 aromatic rings. The summed E-state index contributed by atoms with van der Waals surface area (Å²) >= 11 is 1.50. The third-order valence-corrected chi connectivity index (χ3v) is 8.36. The molecule has 1 atom stereocenters. The third-order valence-electron chi connectivity index (χ3n) is 7.15. The van der Waals surface area contributed by atoms with E-state index >= 15 is 0 Å². The molecule has 176 valence electrons. The van der Waals surface area contributed by atoms with Crippen molar-refractivity contribution in [2.24, 2.45) is 11.7 Å². The zero-order chi connectivity index (χ0) is 22.5. The number of anilines is 1. The van der Waals surface area contributed by atoms with Crippen molar-refractivity contribution in [3.05, 3.63) is 16.0 Å². The van der Waals surface area contributed by atoms with Crippen molar-refractivity contribution in [1.29, 1.82) is 0 Å². The van der Waals surface area contributed by atoms with Gasteiger partial charge in [0.15, 0.2) is 0 Å². The predicted octanol–water partition coefficient (Wildman–Crippen LogP) is 3.22. The second-order valence-corrected chi connectivity index (χ2v) is 10.7. The summed E-state index contributed by atoms with van der Waals surface area (Å²) < 4.78 is 0. The number of piperidine rings is 1. The zero-order valence-electron chi connectivity index (χ0n) is 18.9. The normalized spacial score (nSPS) is 22.2. The molecule has 0 unspecified atom stereocenters. The number of nitrogens with zero attached hydrogens (tertiary/aromatic N) is 1. The maximum Gasteiger partial charge on any atom is 0.251 e. The third kappa shape index (κ3) is 5.70. The first-order valence-corrected chi connectivity index (χ1v) is 13.1. The molecule has 4 N–H and O–H groups in total. The molecular weight excluding hydrogens is 424 g/mol. The number of amides is 3. The van der Waals surface area contributed by atoms with Crippen LogP contribution in [0.3, 0.4) is 0 Å². The van der Waals surface area contributed by atoms with Crippen LogP contribution in [0.4, 0.5) is 5.00 Å². The summed E-state index contributed by atoms with van der Waals surface area (Å²) in [6.07, 6.45) is 12.1. The van der Waals surface area contributed by atoms with Gasteiger partial charge in [-0.2, -0.15) is 0 Å². The average molecular weight is 461 g/mol. The van der Waals surface area contributed by atoms with Gasteiger partial charge in [-0.05, 0) is 63.5 Å². The molecule has 2 heterocycles. The molecule has 0 aromatic carbocycles. The number of carbonyl (C=O) groups is 3. The molecule has 1 saturated carbocycles. The lowest BCUT2D eigenvalue weighted by Gasteiger charge is -2.33. The van der Waals surface area contributed by atoms with E-state index in [1.54, 1.807) is 0 Å². The van der Waals surface area contributed by atoms with Gasteiger partial charge >= 0.3 is 0 Å². The first-order chi connectivity index (χ1) is 15.5. The Labute approximate surface area is 194 Å². The van der Waals surface area contributed by atoms with E-state index in [-0.39, 0.29) is 17.7 Å². The number of hydrogen-bond acceptors (Lipinski definition) is 5. The molecule has 1 aromatic heterocycles. The van der Waals surface area contributed by atoms with Crippen molar-refractivity contribution in [2.75, 3.05) is 25.0 Å². The van der Waals surface area contributed by atoms with Crippen LogP contribution in [0.2, 0.25) is 0 Å². The maximum absolute atomic E-state index is 12.7. The van der Waals surface area contributed by atoms with E-state index in [0.717, 1.165) is 63.5 Å². The van der Waals surface area contributed by atoms with Gasteiger partial charge in [0.25, 0.3) is 5.91 Å². The summed E-state index contributed by atoms with van der Waals surface area (Å²) in [5.74, 6) is -0.358. The van der Waals surface area contributed by atoms with Crippen molar-refractivity contribution < 1.29 is 14.4 Å². The Morgan fingerprint density at radius 2 is 1.78 bits per heavy atom. The minimum atomic E-state index is -0.456. The Balaban J connectivity index is 1.27. The number of nitrogens with two attached hydrogens (primary N) is 1. The molecule has 3 amide bonds. The van der Waals surface area contributed by atoms with Gasteiger partial charge in [0.2, 0.25) is 11.8 Å². The smallest absolute Gasteiger partial charge is 0.251 e. The molecule has 7 nitrogen and oxygen atoms in total. The van der Waals surface area contributed by atoms with Crippen molar-refractivity contribution in [1.82, 2.24) is 10.2 Å². The Hall–Kier alpha value is -1.93. The first kappa shape index (κ1) is 23.2. The van der Waals surface area contributed by atoms with Gasteiger partial charge in [-0.25, -0.2) is 0 Å². The van der Waals surface area contributed by atoms with Gasteiger partial charge in [-0.3, -0.25) is 14.4 Å². The van der Waals surface area contributed by atoms with Crippen LogP contribution in [0.5, 0.6) is 0 Å². The highest BCUT2D eigenvalue weighted by Gasteiger charge is 2.28. The molecule has 32 heavy (non-hydrogen) atoms. The van der Waals surface area contributed by atoms with Gasteiger partial charge < -0.3 is 21.3 Å². The predicted molar refractivity (Wildman–Crippen MR) is 127 cm³/mol. The Kier molecular flexibility index (Phi) is 7.84. The van der Waals surface area contributed by atoms with Crippen LogP contribution in [0.15, 0.2) is 0 Å². The van der Waals surface area contributed by atoms with Crippen LogP contribution in [-0.4, -0.2) is 48.3 Å². The monoisotopic (exact) mass is 460 g/mol. The molecule has 0 bridgehead atoms. The van der Waals surface area contributed by atoms with E-state index in [2.05, 4.69) is 15.5 Å². The first-order valence-electron chi connectivity index (χ1n) is 12.3. The molecule has 0 spiro atoms. The number of fused-ring (bicyclic) bond motifs is 1. The lowest BCUT2D eigenvalue weighted by Crippen LogP contribution is -2.46. The largest absolute Gasteiger partial charge is 0.365 e. The highest BCUT2D eigenvalue weighted by atomic mass is 32.1. The minimum Gasteiger partial charge on any atom is -0.365 e. The van der Waals surface area contributed by atoms with Gasteiger partial charge in [-0.15, -0.1) is 11.3 Å². The Bertz CT molecular complexity index is 847. The quantitative estimate of drug-likeness (QED) is 0.581. The lowest BCUT2D eigenvalue weighted by atomic mass is 9.93. The summed E-state index contributed by atoms with van der Waals surface area (Å²) in [6.45, 7) is 2.25. The van der Waals surface area contributed by atoms with Gasteiger partial charge in [0.05, 0.1) is 11.5 Å². The number of rotatable bonds is 7. The highest BCUT2D eigenvalue weighted by Crippen LogP contribution is 2.38. The topological polar surface area (TPSA) is 105 Å². The van der Waals surface area contributed by atoms with Crippen molar-refractivity contribution in [2.45, 2.75) is 83.1 Å². The summed E-state index contributed by atoms with van der Waals surface area (Å²) in [6, 6.07) is 0.341. The fourth-order valence-electron chi connectivity index (χ4n) is 5.40. The highest BCUT2D eigenvalue weighted by molar-refractivity contribution is 7.17.